The maximum absolute atomic E-state index is 12.6. The van der Waals surface area contributed by atoms with Crippen LogP contribution in [0.15, 0.2) is 42.7 Å². The largest absolute Gasteiger partial charge is 0.507 e. The van der Waals surface area contributed by atoms with Crippen LogP contribution in [-0.4, -0.2) is 31.6 Å². The Morgan fingerprint density at radius 2 is 1.24 bits per heavy atom. The van der Waals surface area contributed by atoms with Gasteiger partial charge in [0.05, 0.1) is 18.0 Å². The topological polar surface area (TPSA) is 96.2 Å². The van der Waals surface area contributed by atoms with Gasteiger partial charge in [-0.2, -0.15) is 0 Å². The van der Waals surface area contributed by atoms with E-state index in [2.05, 4.69) is 69.1 Å². The van der Waals surface area contributed by atoms with E-state index in [1.165, 1.54) is 5.56 Å². The van der Waals surface area contributed by atoms with Crippen molar-refractivity contribution in [1.29, 1.82) is 0 Å². The molecular formula is C32H45N3O3. The molecule has 0 saturated carbocycles. The highest BCUT2D eigenvalue weighted by Gasteiger charge is 2.35. The quantitative estimate of drug-likeness (QED) is 0.358. The van der Waals surface area contributed by atoms with E-state index in [-0.39, 0.29) is 22.1 Å². The second-order valence-corrected chi connectivity index (χ2v) is 13.9. The summed E-state index contributed by atoms with van der Waals surface area (Å²) in [4.78, 5) is 12.6. The molecule has 0 spiro atoms. The highest BCUT2D eigenvalue weighted by molar-refractivity contribution is 5.99. The summed E-state index contributed by atoms with van der Waals surface area (Å²) in [6, 6.07) is 9.74. The highest BCUT2D eigenvalue weighted by atomic mass is 16.4. The minimum Gasteiger partial charge on any atom is -0.507 e. The van der Waals surface area contributed by atoms with E-state index < -0.39 is 16.8 Å². The summed E-state index contributed by atoms with van der Waals surface area (Å²) in [7, 11) is 0. The summed E-state index contributed by atoms with van der Waals surface area (Å²) in [5, 5.41) is 31.9. The maximum atomic E-state index is 12.6. The van der Waals surface area contributed by atoms with Crippen molar-refractivity contribution in [3.63, 3.8) is 0 Å². The molecule has 0 aliphatic carbocycles. The van der Waals surface area contributed by atoms with E-state index in [0.29, 0.717) is 16.7 Å². The first-order chi connectivity index (χ1) is 17.2. The van der Waals surface area contributed by atoms with Gasteiger partial charge in [-0.05, 0) is 55.7 Å². The molecule has 0 bridgehead atoms. The minimum absolute atomic E-state index is 0.0285. The smallest absolute Gasteiger partial charge is 0.336 e. The van der Waals surface area contributed by atoms with Crippen LogP contribution in [0.5, 0.6) is 5.75 Å². The summed E-state index contributed by atoms with van der Waals surface area (Å²) >= 11 is 0. The molecule has 0 aliphatic rings. The summed E-state index contributed by atoms with van der Waals surface area (Å²) in [6.45, 7) is 25.1. The van der Waals surface area contributed by atoms with Crippen LogP contribution in [0.25, 0.3) is 11.1 Å². The van der Waals surface area contributed by atoms with Crippen LogP contribution in [-0.2, 0) is 21.7 Å². The van der Waals surface area contributed by atoms with Crippen LogP contribution in [0.3, 0.4) is 0 Å². The second kappa shape index (κ2) is 10.8. The van der Waals surface area contributed by atoms with Crippen molar-refractivity contribution >= 4 is 5.97 Å². The predicted octanol–water partition coefficient (Wildman–Crippen LogP) is 7.82. The van der Waals surface area contributed by atoms with Crippen LogP contribution in [0.2, 0.25) is 0 Å². The summed E-state index contributed by atoms with van der Waals surface area (Å²) in [5.74, 6) is -0.777. The first-order valence-electron chi connectivity index (χ1n) is 13.0. The molecule has 0 aliphatic heterocycles. The van der Waals surface area contributed by atoms with Gasteiger partial charge in [0, 0.05) is 16.7 Å². The van der Waals surface area contributed by atoms with E-state index >= 15 is 0 Å². The molecule has 0 radical (unpaired) electrons. The van der Waals surface area contributed by atoms with Gasteiger partial charge in [0.25, 0.3) is 0 Å². The van der Waals surface area contributed by atoms with Gasteiger partial charge in [-0.25, -0.2) is 4.79 Å². The first-order valence-corrected chi connectivity index (χ1v) is 13.0. The summed E-state index contributed by atoms with van der Waals surface area (Å²) in [6.07, 6.45) is 3.15. The van der Waals surface area contributed by atoms with Crippen LogP contribution < -0.4 is 0 Å². The number of carboxylic acid groups (broad SMARTS) is 1. The van der Waals surface area contributed by atoms with E-state index in [4.69, 9.17) is 0 Å². The number of phenols is 1. The Kier molecular flexibility index (Phi) is 8.82. The van der Waals surface area contributed by atoms with Crippen molar-refractivity contribution in [2.45, 2.75) is 105 Å². The number of aromatic hydroxyl groups is 1. The first kappa shape index (κ1) is 30.9. The van der Waals surface area contributed by atoms with Gasteiger partial charge < -0.3 is 10.2 Å². The Morgan fingerprint density at radius 3 is 1.58 bits per heavy atom. The molecule has 206 valence electrons. The Balaban J connectivity index is 0.000000739. The van der Waals surface area contributed by atoms with Gasteiger partial charge >= 0.3 is 5.97 Å². The predicted molar refractivity (Wildman–Crippen MR) is 155 cm³/mol. The molecule has 1 heterocycles. The maximum Gasteiger partial charge on any atom is 0.336 e. The number of aromatic carboxylic acids is 1. The van der Waals surface area contributed by atoms with Crippen molar-refractivity contribution in [3.05, 3.63) is 70.5 Å². The number of rotatable bonds is 2. The van der Waals surface area contributed by atoms with Crippen molar-refractivity contribution in [3.8, 4) is 16.9 Å². The average Bonchev–Trinajstić information content (AvgIpc) is 2.76. The molecular weight excluding hydrogens is 474 g/mol. The number of benzene rings is 2. The van der Waals surface area contributed by atoms with Crippen molar-refractivity contribution in [1.82, 2.24) is 15.4 Å². The third-order valence-electron chi connectivity index (χ3n) is 6.46. The molecule has 6 heteroatoms. The van der Waals surface area contributed by atoms with Crippen molar-refractivity contribution < 1.29 is 15.0 Å². The van der Waals surface area contributed by atoms with Crippen LogP contribution in [0, 0.1) is 0 Å². The summed E-state index contributed by atoms with van der Waals surface area (Å²) in [5.41, 5.74) is 4.30. The molecule has 0 atom stereocenters. The fourth-order valence-corrected chi connectivity index (χ4v) is 4.48. The van der Waals surface area contributed by atoms with Crippen LogP contribution in [0.4, 0.5) is 0 Å². The summed E-state index contributed by atoms with van der Waals surface area (Å²) < 4.78 is 0. The Bertz CT molecular complexity index is 1240. The average molecular weight is 520 g/mol. The molecule has 6 nitrogen and oxygen atoms in total. The molecule has 2 aromatic carbocycles. The van der Waals surface area contributed by atoms with E-state index in [1.54, 1.807) is 24.5 Å². The Hall–Kier alpha value is -3.28. The molecule has 1 aromatic heterocycles. The molecule has 3 aromatic rings. The van der Waals surface area contributed by atoms with Gasteiger partial charge in [0.2, 0.25) is 0 Å². The highest BCUT2D eigenvalue weighted by Crippen LogP contribution is 2.48. The molecule has 38 heavy (non-hydrogen) atoms. The van der Waals surface area contributed by atoms with Crippen LogP contribution >= 0.6 is 0 Å². The Labute approximate surface area is 228 Å². The lowest BCUT2D eigenvalue weighted by molar-refractivity contribution is 0.0697. The zero-order valence-electron chi connectivity index (χ0n) is 25.2. The van der Waals surface area contributed by atoms with Gasteiger partial charge in [-0.3, -0.25) is 0 Å². The normalized spacial score (nSPS) is 12.5. The lowest BCUT2D eigenvalue weighted by atomic mass is 9.71. The molecule has 3 rings (SSSR count). The van der Waals surface area contributed by atoms with E-state index in [0.717, 1.165) is 11.1 Å². The zero-order chi connectivity index (χ0) is 29.3. The number of aromatic nitrogens is 3. The Morgan fingerprint density at radius 1 is 0.711 bits per heavy atom. The number of phenolic OH excluding ortho intramolecular Hbond substituents is 1. The fraction of sp³-hybridized carbons (Fsp3) is 0.500. The molecule has 0 amide bonds. The SMILES string of the molecule is CC(C)(C)c1ccc(-c2c(C(=O)O)cc(C(C)(C)C)c(O)c2C(C)(C)C)c(C(C)(C)C)c1.c1cnnnc1. The van der Waals surface area contributed by atoms with Crippen molar-refractivity contribution in [2.75, 3.05) is 0 Å². The molecule has 0 fully saturated rings. The lowest BCUT2D eigenvalue weighted by Crippen LogP contribution is -2.23. The van der Waals surface area contributed by atoms with E-state index in [1.807, 2.05) is 47.6 Å². The van der Waals surface area contributed by atoms with Gasteiger partial charge in [-0.1, -0.05) is 101 Å². The van der Waals surface area contributed by atoms with E-state index in [9.17, 15) is 15.0 Å². The fourth-order valence-electron chi connectivity index (χ4n) is 4.48. The minimum atomic E-state index is -0.976. The monoisotopic (exact) mass is 519 g/mol. The molecule has 2 N–H and O–H groups in total. The molecule has 0 unspecified atom stereocenters. The number of carboxylic acids is 1. The second-order valence-electron chi connectivity index (χ2n) is 13.9. The number of carbonyl (C=O) groups is 1. The number of hydrogen-bond acceptors (Lipinski definition) is 5. The third-order valence-corrected chi connectivity index (χ3v) is 6.46. The number of nitrogens with zero attached hydrogens (tertiary/aromatic N) is 3. The third kappa shape index (κ3) is 7.18. The standard InChI is InChI=1S/C29H42O3.C3H3N3/c1-26(2,3)17-13-14-18(20(15-17)27(4,5)6)22-19(25(31)32)16-21(28(7,8)9)24(30)23(22)29(10,11)12;1-2-4-6-5-3-1/h13-16,30H,1-12H3,(H,31,32);1-3H. The van der Waals surface area contributed by atoms with Crippen molar-refractivity contribution in [2.24, 2.45) is 0 Å². The van der Waals surface area contributed by atoms with Gasteiger partial charge in [0.15, 0.2) is 0 Å². The van der Waals surface area contributed by atoms with Gasteiger partial charge in [0.1, 0.15) is 5.75 Å². The number of hydrogen-bond donors (Lipinski definition) is 2. The van der Waals surface area contributed by atoms with Crippen LogP contribution in [0.1, 0.15) is 116 Å². The lowest BCUT2D eigenvalue weighted by Gasteiger charge is -2.33. The van der Waals surface area contributed by atoms with Gasteiger partial charge in [-0.15, -0.1) is 10.2 Å². The molecule has 0 saturated heterocycles. The zero-order valence-corrected chi connectivity index (χ0v) is 25.2.